The van der Waals surface area contributed by atoms with Crippen molar-refractivity contribution in [3.05, 3.63) is 35.4 Å². The lowest BCUT2D eigenvalue weighted by Gasteiger charge is -2.29. The van der Waals surface area contributed by atoms with Crippen molar-refractivity contribution in [3.8, 4) is 0 Å². The van der Waals surface area contributed by atoms with E-state index in [9.17, 15) is 9.59 Å². The summed E-state index contributed by atoms with van der Waals surface area (Å²) in [5, 5.41) is 3.05. The van der Waals surface area contributed by atoms with Crippen LogP contribution in [-0.4, -0.2) is 53.8 Å². The maximum Gasteiger partial charge on any atom is 0.242 e. The predicted molar refractivity (Wildman–Crippen MR) is 98.1 cm³/mol. The Morgan fingerprint density at radius 1 is 1.20 bits per heavy atom. The third-order valence-corrected chi connectivity index (χ3v) is 5.28. The van der Waals surface area contributed by atoms with Gasteiger partial charge >= 0.3 is 0 Å². The van der Waals surface area contributed by atoms with E-state index in [0.29, 0.717) is 13.0 Å². The topological polar surface area (TPSA) is 52.7 Å². The van der Waals surface area contributed by atoms with Crippen LogP contribution in [0.4, 0.5) is 0 Å². The molecule has 25 heavy (non-hydrogen) atoms. The summed E-state index contributed by atoms with van der Waals surface area (Å²) in [6.45, 7) is 6.22. The molecule has 2 aliphatic rings. The summed E-state index contributed by atoms with van der Waals surface area (Å²) in [6.07, 6.45) is 4.16. The maximum absolute atomic E-state index is 12.5. The second-order valence-corrected chi connectivity index (χ2v) is 7.08. The van der Waals surface area contributed by atoms with E-state index in [1.807, 2.05) is 6.92 Å². The zero-order valence-corrected chi connectivity index (χ0v) is 15.2. The highest BCUT2D eigenvalue weighted by atomic mass is 16.2. The minimum atomic E-state index is -0.263. The van der Waals surface area contributed by atoms with Gasteiger partial charge in [0, 0.05) is 39.1 Å². The summed E-state index contributed by atoms with van der Waals surface area (Å²) in [4.78, 5) is 28.8. The molecule has 0 radical (unpaired) electrons. The second kappa shape index (κ2) is 8.48. The van der Waals surface area contributed by atoms with Crippen LogP contribution in [0, 0.1) is 0 Å². The molecule has 0 saturated carbocycles. The second-order valence-electron chi connectivity index (χ2n) is 7.08. The van der Waals surface area contributed by atoms with Crippen LogP contribution < -0.4 is 5.32 Å². The van der Waals surface area contributed by atoms with E-state index < -0.39 is 0 Å². The van der Waals surface area contributed by atoms with Crippen molar-refractivity contribution < 1.29 is 9.59 Å². The number of nitrogens with one attached hydrogen (secondary N) is 1. The Morgan fingerprint density at radius 3 is 2.80 bits per heavy atom. The first-order valence-electron chi connectivity index (χ1n) is 9.55. The van der Waals surface area contributed by atoms with Crippen molar-refractivity contribution >= 4 is 11.8 Å². The quantitative estimate of drug-likeness (QED) is 0.859. The van der Waals surface area contributed by atoms with Gasteiger partial charge in [0.15, 0.2) is 0 Å². The number of likely N-dealkylation sites (tertiary alicyclic amines) is 1. The number of nitrogens with zero attached hydrogens (tertiary/aromatic N) is 2. The van der Waals surface area contributed by atoms with Gasteiger partial charge in [-0.25, -0.2) is 0 Å². The van der Waals surface area contributed by atoms with Gasteiger partial charge in [-0.1, -0.05) is 31.2 Å². The first-order valence-corrected chi connectivity index (χ1v) is 9.55. The number of rotatable bonds is 6. The van der Waals surface area contributed by atoms with Crippen molar-refractivity contribution in [2.24, 2.45) is 0 Å². The van der Waals surface area contributed by atoms with Crippen LogP contribution in [0.3, 0.4) is 0 Å². The zero-order chi connectivity index (χ0) is 17.6. The largest absolute Gasteiger partial charge is 0.353 e. The Hall–Kier alpha value is -1.88. The Balaban J connectivity index is 1.44. The van der Waals surface area contributed by atoms with Crippen LogP contribution in [0.5, 0.6) is 0 Å². The molecule has 0 bridgehead atoms. The predicted octanol–water partition coefficient (Wildman–Crippen LogP) is 1.95. The third-order valence-electron chi connectivity index (χ3n) is 5.28. The van der Waals surface area contributed by atoms with Crippen LogP contribution in [0.1, 0.15) is 43.7 Å². The smallest absolute Gasteiger partial charge is 0.242 e. The molecule has 5 heteroatoms. The van der Waals surface area contributed by atoms with E-state index in [1.165, 1.54) is 11.1 Å². The molecule has 2 amide bonds. The van der Waals surface area contributed by atoms with E-state index >= 15 is 0 Å². The van der Waals surface area contributed by atoms with Crippen molar-refractivity contribution in [2.75, 3.05) is 26.2 Å². The molecule has 0 aliphatic carbocycles. The van der Waals surface area contributed by atoms with Gasteiger partial charge in [-0.3, -0.25) is 14.5 Å². The van der Waals surface area contributed by atoms with Gasteiger partial charge in [0.1, 0.15) is 6.04 Å². The number of amides is 2. The number of benzene rings is 1. The van der Waals surface area contributed by atoms with E-state index in [4.69, 9.17) is 0 Å². The minimum absolute atomic E-state index is 0.0133. The summed E-state index contributed by atoms with van der Waals surface area (Å²) in [5.74, 6) is 0.132. The fraction of sp³-hybridized carbons (Fsp3) is 0.600. The summed E-state index contributed by atoms with van der Waals surface area (Å²) in [5.41, 5.74) is 2.84. The molecule has 0 unspecified atom stereocenters. The Labute approximate surface area is 150 Å². The van der Waals surface area contributed by atoms with Crippen LogP contribution in [0.15, 0.2) is 24.3 Å². The first-order chi connectivity index (χ1) is 12.2. The lowest BCUT2D eigenvalue weighted by atomic mass is 10.00. The van der Waals surface area contributed by atoms with Crippen LogP contribution in [-0.2, 0) is 22.6 Å². The lowest BCUT2D eigenvalue weighted by molar-refractivity contribution is -0.138. The molecule has 0 aromatic heterocycles. The highest BCUT2D eigenvalue weighted by molar-refractivity contribution is 5.88. The molecule has 1 N–H and O–H groups in total. The van der Waals surface area contributed by atoms with Gasteiger partial charge in [0.05, 0.1) is 0 Å². The summed E-state index contributed by atoms with van der Waals surface area (Å²) >= 11 is 0. The molecule has 2 heterocycles. The number of carbonyl (C=O) groups is 2. The van der Waals surface area contributed by atoms with E-state index in [0.717, 1.165) is 51.9 Å². The number of carbonyl (C=O) groups excluding carboxylic acids is 2. The highest BCUT2D eigenvalue weighted by Crippen LogP contribution is 2.19. The van der Waals surface area contributed by atoms with Crippen molar-refractivity contribution in [2.45, 2.75) is 51.6 Å². The summed E-state index contributed by atoms with van der Waals surface area (Å²) in [7, 11) is 0. The fourth-order valence-corrected chi connectivity index (χ4v) is 3.90. The molecular weight excluding hydrogens is 314 g/mol. The van der Waals surface area contributed by atoms with Gasteiger partial charge in [-0.2, -0.15) is 0 Å². The normalized spacial score (nSPS) is 20.4. The molecule has 3 rings (SSSR count). The summed E-state index contributed by atoms with van der Waals surface area (Å²) < 4.78 is 0. The Kier molecular flexibility index (Phi) is 6.08. The molecular formula is C20H29N3O2. The number of hydrogen-bond donors (Lipinski definition) is 1. The van der Waals surface area contributed by atoms with Crippen molar-refractivity contribution in [3.63, 3.8) is 0 Å². The first kappa shape index (κ1) is 17.9. The van der Waals surface area contributed by atoms with Crippen LogP contribution in [0.25, 0.3) is 0 Å². The van der Waals surface area contributed by atoms with Crippen molar-refractivity contribution in [1.82, 2.24) is 15.1 Å². The lowest BCUT2D eigenvalue weighted by Crippen LogP contribution is -2.47. The fourth-order valence-electron chi connectivity index (χ4n) is 3.90. The van der Waals surface area contributed by atoms with Crippen LogP contribution >= 0.6 is 0 Å². The minimum Gasteiger partial charge on any atom is -0.353 e. The molecule has 1 atom stereocenters. The summed E-state index contributed by atoms with van der Waals surface area (Å²) in [6, 6.07) is 8.32. The molecule has 1 aromatic carbocycles. The van der Waals surface area contributed by atoms with Crippen LogP contribution in [0.2, 0.25) is 0 Å². The monoisotopic (exact) mass is 343 g/mol. The zero-order valence-electron chi connectivity index (χ0n) is 15.2. The van der Waals surface area contributed by atoms with E-state index in [2.05, 4.69) is 34.5 Å². The Morgan fingerprint density at radius 2 is 2.00 bits per heavy atom. The van der Waals surface area contributed by atoms with E-state index in [1.54, 1.807) is 4.90 Å². The molecule has 136 valence electrons. The standard InChI is InChI=1S/C20H29N3O2/c1-2-6-19(24)23-12-5-9-18(23)20(25)21-11-14-22-13-10-16-7-3-4-8-17(16)15-22/h3-4,7-8,18H,2,5-6,9-15H2,1H3,(H,21,25)/t18-/m1/s1. The molecule has 5 nitrogen and oxygen atoms in total. The Bertz CT molecular complexity index is 617. The molecule has 1 aromatic rings. The molecule has 2 aliphatic heterocycles. The van der Waals surface area contributed by atoms with Gasteiger partial charge in [0.25, 0.3) is 0 Å². The number of fused-ring (bicyclic) bond motifs is 1. The number of hydrogen-bond acceptors (Lipinski definition) is 3. The SMILES string of the molecule is CCCC(=O)N1CCC[C@@H]1C(=O)NCCN1CCc2ccccc2C1. The molecule has 1 fully saturated rings. The van der Waals surface area contributed by atoms with Crippen molar-refractivity contribution in [1.29, 1.82) is 0 Å². The molecule has 0 spiro atoms. The van der Waals surface area contributed by atoms with Gasteiger partial charge in [-0.05, 0) is 36.8 Å². The average Bonchev–Trinajstić information content (AvgIpc) is 3.12. The highest BCUT2D eigenvalue weighted by Gasteiger charge is 2.33. The maximum atomic E-state index is 12.5. The van der Waals surface area contributed by atoms with Gasteiger partial charge < -0.3 is 10.2 Å². The van der Waals surface area contributed by atoms with E-state index in [-0.39, 0.29) is 17.9 Å². The molecule has 1 saturated heterocycles. The average molecular weight is 343 g/mol. The van der Waals surface area contributed by atoms with Gasteiger partial charge in [-0.15, -0.1) is 0 Å². The van der Waals surface area contributed by atoms with Gasteiger partial charge in [0.2, 0.25) is 11.8 Å². The third kappa shape index (κ3) is 4.40.